The van der Waals surface area contributed by atoms with E-state index in [1.165, 1.54) is 12.1 Å². The van der Waals surface area contributed by atoms with Crippen molar-refractivity contribution in [2.45, 2.75) is 32.6 Å². The molecule has 6 nitrogen and oxygen atoms in total. The topological polar surface area (TPSA) is 87.7 Å². The average Bonchev–Trinajstić information content (AvgIpc) is 2.96. The van der Waals surface area contributed by atoms with Gasteiger partial charge in [-0.1, -0.05) is 0 Å². The van der Waals surface area contributed by atoms with E-state index >= 15 is 0 Å². The molecule has 0 aliphatic heterocycles. The summed E-state index contributed by atoms with van der Waals surface area (Å²) < 4.78 is 13.2. The van der Waals surface area contributed by atoms with Crippen molar-refractivity contribution in [3.05, 3.63) is 81.3 Å². The maximum absolute atomic E-state index is 13.2. The lowest BCUT2D eigenvalue weighted by Crippen LogP contribution is -2.29. The molecule has 0 bridgehead atoms. The first-order valence-corrected chi connectivity index (χ1v) is 10.1. The Bertz CT molecular complexity index is 1110. The second-order valence-corrected chi connectivity index (χ2v) is 7.69. The zero-order valence-corrected chi connectivity index (χ0v) is 16.7. The average molecular weight is 406 g/mol. The number of aryl methyl sites for hydroxylation is 2. The van der Waals surface area contributed by atoms with Crippen molar-refractivity contribution in [2.24, 2.45) is 5.92 Å². The van der Waals surface area contributed by atoms with Gasteiger partial charge < -0.3 is 10.3 Å². The number of nitrogens with one attached hydrogen (secondary N) is 2. The Morgan fingerprint density at radius 3 is 2.67 bits per heavy atom. The second kappa shape index (κ2) is 8.57. The third-order valence-electron chi connectivity index (χ3n) is 5.54. The van der Waals surface area contributed by atoms with Crippen LogP contribution in [0.4, 0.5) is 4.39 Å². The second-order valence-electron chi connectivity index (χ2n) is 7.69. The van der Waals surface area contributed by atoms with E-state index in [0.29, 0.717) is 41.9 Å². The predicted molar refractivity (Wildman–Crippen MR) is 112 cm³/mol. The van der Waals surface area contributed by atoms with Crippen LogP contribution in [0, 0.1) is 18.7 Å². The van der Waals surface area contributed by atoms with Gasteiger partial charge in [0.1, 0.15) is 11.6 Å². The Labute approximate surface area is 173 Å². The molecule has 1 aromatic carbocycles. The number of benzene rings is 1. The monoisotopic (exact) mass is 406 g/mol. The lowest BCUT2D eigenvalue weighted by molar-refractivity contribution is 0.0945. The van der Waals surface area contributed by atoms with Gasteiger partial charge in [-0.2, -0.15) is 0 Å². The Balaban J connectivity index is 1.43. The number of carbonyl (C=O) groups is 1. The molecule has 30 heavy (non-hydrogen) atoms. The molecule has 1 amide bonds. The molecule has 0 fully saturated rings. The van der Waals surface area contributed by atoms with Gasteiger partial charge in [-0.25, -0.2) is 9.37 Å². The van der Waals surface area contributed by atoms with Gasteiger partial charge in [0, 0.05) is 29.6 Å². The van der Waals surface area contributed by atoms with Gasteiger partial charge in [0.15, 0.2) is 0 Å². The largest absolute Gasteiger partial charge is 0.352 e. The molecule has 0 spiro atoms. The molecule has 7 heteroatoms. The summed E-state index contributed by atoms with van der Waals surface area (Å²) in [5.41, 5.74) is 3.43. The van der Waals surface area contributed by atoms with Gasteiger partial charge in [0.2, 0.25) is 0 Å². The highest BCUT2D eigenvalue weighted by molar-refractivity contribution is 5.93. The molecule has 0 radical (unpaired) electrons. The summed E-state index contributed by atoms with van der Waals surface area (Å²) in [6.07, 6.45) is 4.50. The molecule has 2 heterocycles. The summed E-state index contributed by atoms with van der Waals surface area (Å²) >= 11 is 0. The van der Waals surface area contributed by atoms with Crippen molar-refractivity contribution in [2.75, 3.05) is 6.54 Å². The van der Waals surface area contributed by atoms with Gasteiger partial charge in [-0.05, 0) is 74.9 Å². The van der Waals surface area contributed by atoms with Crippen LogP contribution in [0.25, 0.3) is 11.4 Å². The molecule has 3 aromatic rings. The van der Waals surface area contributed by atoms with Crippen LogP contribution in [-0.4, -0.2) is 27.4 Å². The lowest BCUT2D eigenvalue weighted by atomic mass is 9.99. The molecule has 1 atom stereocenters. The summed E-state index contributed by atoms with van der Waals surface area (Å²) in [6.45, 7) is 2.42. The SMILES string of the molecule is Cc1ccc(C(=O)NCC2CCc3nc(-c4ccc(F)cc4)[nH]c(=O)c3CC2)cn1. The number of hydrogen-bond acceptors (Lipinski definition) is 4. The van der Waals surface area contributed by atoms with E-state index in [9.17, 15) is 14.0 Å². The first-order chi connectivity index (χ1) is 14.5. The molecule has 0 saturated carbocycles. The van der Waals surface area contributed by atoms with Crippen molar-refractivity contribution < 1.29 is 9.18 Å². The van der Waals surface area contributed by atoms with E-state index in [0.717, 1.165) is 24.2 Å². The number of amides is 1. The Hall–Kier alpha value is -3.35. The highest BCUT2D eigenvalue weighted by atomic mass is 19.1. The fourth-order valence-corrected chi connectivity index (χ4v) is 3.73. The summed E-state index contributed by atoms with van der Waals surface area (Å²) in [4.78, 5) is 36.6. The zero-order valence-electron chi connectivity index (χ0n) is 16.7. The zero-order chi connectivity index (χ0) is 21.1. The molecule has 0 saturated heterocycles. The normalized spacial score (nSPS) is 15.9. The van der Waals surface area contributed by atoms with Crippen LogP contribution in [-0.2, 0) is 12.8 Å². The Kier molecular flexibility index (Phi) is 5.70. The number of H-pyrrole nitrogens is 1. The number of halogens is 1. The van der Waals surface area contributed by atoms with Crippen molar-refractivity contribution >= 4 is 5.91 Å². The number of nitrogens with zero attached hydrogens (tertiary/aromatic N) is 2. The molecule has 1 aliphatic rings. The van der Waals surface area contributed by atoms with Gasteiger partial charge in [0.05, 0.1) is 11.3 Å². The smallest absolute Gasteiger partial charge is 0.254 e. The van der Waals surface area contributed by atoms with E-state index in [1.54, 1.807) is 24.4 Å². The minimum Gasteiger partial charge on any atom is -0.352 e. The van der Waals surface area contributed by atoms with E-state index in [4.69, 9.17) is 0 Å². The summed E-state index contributed by atoms with van der Waals surface area (Å²) in [5, 5.41) is 2.98. The number of hydrogen-bond donors (Lipinski definition) is 2. The van der Waals surface area contributed by atoms with Crippen LogP contribution < -0.4 is 10.9 Å². The maximum atomic E-state index is 13.2. The number of fused-ring (bicyclic) bond motifs is 1. The third-order valence-corrected chi connectivity index (χ3v) is 5.54. The molecule has 1 aliphatic carbocycles. The Morgan fingerprint density at radius 2 is 1.93 bits per heavy atom. The molecule has 1 unspecified atom stereocenters. The molecule has 154 valence electrons. The standard InChI is InChI=1S/C23H23FN4O2/c1-14-2-5-17(13-25-14)22(29)26-12-15-3-10-19-20(11-4-15)27-21(28-23(19)30)16-6-8-18(24)9-7-16/h2,5-9,13,15H,3-4,10-12H2,1H3,(H,26,29)(H,27,28,30). The van der Waals surface area contributed by atoms with E-state index in [2.05, 4.69) is 20.3 Å². The lowest BCUT2D eigenvalue weighted by Gasteiger charge is -2.14. The minimum absolute atomic E-state index is 0.140. The highest BCUT2D eigenvalue weighted by Crippen LogP contribution is 2.23. The first-order valence-electron chi connectivity index (χ1n) is 10.1. The van der Waals surface area contributed by atoms with Crippen LogP contribution in [0.2, 0.25) is 0 Å². The molecule has 2 N–H and O–H groups in total. The Morgan fingerprint density at radius 1 is 1.17 bits per heavy atom. The number of aromatic amines is 1. The van der Waals surface area contributed by atoms with Crippen LogP contribution in [0.15, 0.2) is 47.4 Å². The van der Waals surface area contributed by atoms with Crippen molar-refractivity contribution in [1.82, 2.24) is 20.3 Å². The summed E-state index contributed by atoms with van der Waals surface area (Å²) in [5.74, 6) is 0.244. The first kappa shape index (κ1) is 19.9. The fraction of sp³-hybridized carbons (Fsp3) is 0.304. The van der Waals surface area contributed by atoms with E-state index < -0.39 is 0 Å². The van der Waals surface area contributed by atoms with Gasteiger partial charge in [0.25, 0.3) is 11.5 Å². The van der Waals surface area contributed by atoms with Gasteiger partial charge in [-0.15, -0.1) is 0 Å². The van der Waals surface area contributed by atoms with Crippen molar-refractivity contribution in [1.29, 1.82) is 0 Å². The van der Waals surface area contributed by atoms with Gasteiger partial charge in [-0.3, -0.25) is 14.6 Å². The predicted octanol–water partition coefficient (Wildman–Crippen LogP) is 3.20. The number of aromatic nitrogens is 3. The summed E-state index contributed by atoms with van der Waals surface area (Å²) in [7, 11) is 0. The van der Waals surface area contributed by atoms with Crippen molar-refractivity contribution in [3.63, 3.8) is 0 Å². The molecule has 4 rings (SSSR count). The molecule has 2 aromatic heterocycles. The quantitative estimate of drug-likeness (QED) is 0.652. The van der Waals surface area contributed by atoms with E-state index in [1.807, 2.05) is 13.0 Å². The van der Waals surface area contributed by atoms with Crippen LogP contribution in [0.1, 0.15) is 40.2 Å². The van der Waals surface area contributed by atoms with Crippen LogP contribution >= 0.6 is 0 Å². The molecular formula is C23H23FN4O2. The highest BCUT2D eigenvalue weighted by Gasteiger charge is 2.21. The number of carbonyl (C=O) groups excluding carboxylic acids is 1. The number of rotatable bonds is 4. The minimum atomic E-state index is -0.331. The van der Waals surface area contributed by atoms with Crippen LogP contribution in [0.3, 0.4) is 0 Å². The van der Waals surface area contributed by atoms with Crippen LogP contribution in [0.5, 0.6) is 0 Å². The maximum Gasteiger partial charge on any atom is 0.254 e. The van der Waals surface area contributed by atoms with Crippen molar-refractivity contribution in [3.8, 4) is 11.4 Å². The van der Waals surface area contributed by atoms with E-state index in [-0.39, 0.29) is 23.2 Å². The fourth-order valence-electron chi connectivity index (χ4n) is 3.73. The molecular weight excluding hydrogens is 383 g/mol. The summed E-state index contributed by atoms with van der Waals surface area (Å²) in [6, 6.07) is 9.49. The number of pyridine rings is 1. The van der Waals surface area contributed by atoms with Gasteiger partial charge >= 0.3 is 0 Å². The third kappa shape index (κ3) is 4.45.